The van der Waals surface area contributed by atoms with E-state index in [0.717, 1.165) is 14.2 Å². The van der Waals surface area contributed by atoms with Gasteiger partial charge in [-0.25, -0.2) is 17.9 Å². The van der Waals surface area contributed by atoms with Gasteiger partial charge in [-0.3, -0.25) is 0 Å². The van der Waals surface area contributed by atoms with E-state index in [2.05, 4.69) is 4.74 Å². The summed E-state index contributed by atoms with van der Waals surface area (Å²) in [7, 11) is -3.77. The van der Waals surface area contributed by atoms with Gasteiger partial charge in [0.05, 0.1) is 9.49 Å². The molecule has 0 saturated heterocycles. The van der Waals surface area contributed by atoms with Crippen LogP contribution in [-0.2, 0) is 14.8 Å². The fourth-order valence-corrected chi connectivity index (χ4v) is 4.03. The van der Waals surface area contributed by atoms with Crippen molar-refractivity contribution in [2.45, 2.75) is 11.1 Å². The van der Waals surface area contributed by atoms with Gasteiger partial charge in [-0.05, 0) is 41.6 Å². The maximum Gasteiger partial charge on any atom is 0.421 e. The molecule has 1 aromatic rings. The molecule has 1 amide bonds. The predicted molar refractivity (Wildman–Crippen MR) is 64.4 cm³/mol. The van der Waals surface area contributed by atoms with Crippen LogP contribution in [-0.4, -0.2) is 21.1 Å². The smallest absolute Gasteiger partial charge is 0.421 e. The molecule has 1 N–H and O–H groups in total. The molecule has 0 fully saturated rings. The molecule has 0 aromatic carbocycles. The van der Waals surface area contributed by atoms with Gasteiger partial charge in [0, 0.05) is 0 Å². The number of ether oxygens (including phenoxy) is 1. The first-order chi connectivity index (χ1) is 6.95. The van der Waals surface area contributed by atoms with Crippen LogP contribution in [0.2, 0.25) is 0 Å². The van der Waals surface area contributed by atoms with Crippen molar-refractivity contribution in [3.05, 3.63) is 15.0 Å². The Hall–Kier alpha value is -0.350. The van der Waals surface area contributed by atoms with E-state index in [0.29, 0.717) is 0 Å². The van der Waals surface area contributed by atoms with E-state index in [9.17, 15) is 13.2 Å². The van der Waals surface area contributed by atoms with Crippen LogP contribution in [0.5, 0.6) is 0 Å². The van der Waals surface area contributed by atoms with Crippen LogP contribution in [0, 0.1) is 2.88 Å². The van der Waals surface area contributed by atoms with E-state index in [-0.39, 0.29) is 10.8 Å². The Morgan fingerprint density at radius 3 is 2.73 bits per heavy atom. The van der Waals surface area contributed by atoms with Crippen molar-refractivity contribution in [2.24, 2.45) is 0 Å². The van der Waals surface area contributed by atoms with Gasteiger partial charge in [-0.2, -0.15) is 0 Å². The first-order valence-electron chi connectivity index (χ1n) is 3.90. The Morgan fingerprint density at radius 1 is 1.60 bits per heavy atom. The first-order valence-corrected chi connectivity index (χ1v) is 7.28. The highest BCUT2D eigenvalue weighted by atomic mass is 127. The highest BCUT2D eigenvalue weighted by Gasteiger charge is 2.19. The van der Waals surface area contributed by atoms with Gasteiger partial charge in [0.1, 0.15) is 4.21 Å². The van der Waals surface area contributed by atoms with E-state index in [1.54, 1.807) is 17.7 Å². The number of amides is 1. The minimum Gasteiger partial charge on any atom is -0.449 e. The summed E-state index contributed by atoms with van der Waals surface area (Å²) >= 11 is 3.08. The fourth-order valence-electron chi connectivity index (χ4n) is 0.763. The lowest BCUT2D eigenvalue weighted by molar-refractivity contribution is 0.158. The molecular formula is C7H8INO4S2. The molecule has 0 aliphatic heterocycles. The molecule has 0 aliphatic rings. The molecular weight excluding hydrogens is 353 g/mol. The third kappa shape index (κ3) is 3.61. The number of halogens is 1. The highest BCUT2D eigenvalue weighted by molar-refractivity contribution is 14.1. The zero-order valence-corrected chi connectivity index (χ0v) is 11.5. The molecule has 0 saturated carbocycles. The van der Waals surface area contributed by atoms with Gasteiger partial charge >= 0.3 is 6.09 Å². The van der Waals surface area contributed by atoms with Crippen LogP contribution in [0.3, 0.4) is 0 Å². The second-order valence-electron chi connectivity index (χ2n) is 2.38. The minimum atomic E-state index is -3.77. The Labute approximate surface area is 105 Å². The number of thiophene rings is 1. The molecule has 0 bridgehead atoms. The van der Waals surface area contributed by atoms with Crippen LogP contribution in [0.1, 0.15) is 6.92 Å². The van der Waals surface area contributed by atoms with Crippen LogP contribution in [0.25, 0.3) is 0 Å². The van der Waals surface area contributed by atoms with Crippen LogP contribution in [0.4, 0.5) is 4.79 Å². The van der Waals surface area contributed by atoms with Crippen molar-refractivity contribution in [3.8, 4) is 0 Å². The van der Waals surface area contributed by atoms with Gasteiger partial charge in [0.15, 0.2) is 0 Å². The second-order valence-corrected chi connectivity index (χ2v) is 7.27. The van der Waals surface area contributed by atoms with Crippen molar-refractivity contribution < 1.29 is 17.9 Å². The van der Waals surface area contributed by atoms with Gasteiger partial charge in [0.2, 0.25) is 0 Å². The van der Waals surface area contributed by atoms with Crippen LogP contribution >= 0.6 is 33.9 Å². The van der Waals surface area contributed by atoms with Gasteiger partial charge in [0.25, 0.3) is 10.0 Å². The molecule has 1 aromatic heterocycles. The van der Waals surface area contributed by atoms with Crippen molar-refractivity contribution in [2.75, 3.05) is 6.61 Å². The molecule has 8 heteroatoms. The monoisotopic (exact) mass is 361 g/mol. The Balaban J connectivity index is 2.81. The van der Waals surface area contributed by atoms with Gasteiger partial charge in [-0.1, -0.05) is 0 Å². The second kappa shape index (κ2) is 5.12. The molecule has 0 aliphatic carbocycles. The third-order valence-electron chi connectivity index (χ3n) is 1.31. The third-order valence-corrected chi connectivity index (χ3v) is 5.00. The average molecular weight is 361 g/mol. The topological polar surface area (TPSA) is 72.5 Å². The molecule has 1 heterocycles. The average Bonchev–Trinajstić information content (AvgIpc) is 2.51. The minimum absolute atomic E-state index is 0.0972. The van der Waals surface area contributed by atoms with Gasteiger partial charge < -0.3 is 4.74 Å². The van der Waals surface area contributed by atoms with Crippen molar-refractivity contribution in [1.29, 1.82) is 0 Å². The summed E-state index contributed by atoms with van der Waals surface area (Å²) in [6.07, 6.45) is -0.957. The summed E-state index contributed by atoms with van der Waals surface area (Å²) in [6.45, 7) is 1.73. The molecule has 84 valence electrons. The SMILES string of the molecule is CCOC(=O)NS(=O)(=O)c1ccc(I)s1. The highest BCUT2D eigenvalue weighted by Crippen LogP contribution is 2.22. The number of hydrogen-bond donors (Lipinski definition) is 1. The zero-order valence-electron chi connectivity index (χ0n) is 7.69. The van der Waals surface area contributed by atoms with E-state index in [1.807, 2.05) is 22.6 Å². The summed E-state index contributed by atoms with van der Waals surface area (Å²) in [5, 5.41) is 0. The number of hydrogen-bond acceptors (Lipinski definition) is 5. The Kier molecular flexibility index (Phi) is 4.34. The molecule has 5 nitrogen and oxygen atoms in total. The van der Waals surface area contributed by atoms with E-state index in [4.69, 9.17) is 0 Å². The lowest BCUT2D eigenvalue weighted by Gasteiger charge is -2.03. The normalized spacial score (nSPS) is 11.1. The molecule has 0 atom stereocenters. The number of nitrogens with one attached hydrogen (secondary N) is 1. The summed E-state index contributed by atoms with van der Waals surface area (Å²) in [5.41, 5.74) is 0. The zero-order chi connectivity index (χ0) is 11.5. The van der Waals surface area contributed by atoms with E-state index in [1.165, 1.54) is 6.07 Å². The molecule has 0 unspecified atom stereocenters. The lowest BCUT2D eigenvalue weighted by atomic mass is 10.7. The molecule has 1 rings (SSSR count). The van der Waals surface area contributed by atoms with Gasteiger partial charge in [-0.15, -0.1) is 11.3 Å². The summed E-state index contributed by atoms with van der Waals surface area (Å²) in [6, 6.07) is 3.10. The van der Waals surface area contributed by atoms with Crippen molar-refractivity contribution in [1.82, 2.24) is 4.72 Å². The standard InChI is InChI=1S/C7H8INO4S2/c1-2-13-7(10)9-15(11,12)6-4-3-5(8)14-6/h3-4H,2H2,1H3,(H,9,10). The van der Waals surface area contributed by atoms with Crippen molar-refractivity contribution >= 4 is 50.0 Å². The molecule has 15 heavy (non-hydrogen) atoms. The molecule has 0 spiro atoms. The summed E-state index contributed by atoms with van der Waals surface area (Å²) in [5.74, 6) is 0. The van der Waals surface area contributed by atoms with E-state index >= 15 is 0 Å². The summed E-state index contributed by atoms with van der Waals surface area (Å²) < 4.78 is 30.3. The maximum absolute atomic E-state index is 11.5. The lowest BCUT2D eigenvalue weighted by Crippen LogP contribution is -2.30. The predicted octanol–water partition coefficient (Wildman–Crippen LogP) is 1.79. The molecule has 0 radical (unpaired) electrons. The van der Waals surface area contributed by atoms with E-state index < -0.39 is 16.1 Å². The maximum atomic E-state index is 11.5. The summed E-state index contributed by atoms with van der Waals surface area (Å²) in [4.78, 5) is 10.9. The number of sulfonamides is 1. The number of carbonyl (C=O) groups excluding carboxylic acids is 1. The first kappa shape index (κ1) is 12.7. The fraction of sp³-hybridized carbons (Fsp3) is 0.286. The number of rotatable bonds is 3. The van der Waals surface area contributed by atoms with Crippen LogP contribution < -0.4 is 4.72 Å². The van der Waals surface area contributed by atoms with Crippen molar-refractivity contribution in [3.63, 3.8) is 0 Å². The number of carbonyl (C=O) groups is 1. The Morgan fingerprint density at radius 2 is 2.27 bits per heavy atom. The Bertz CT molecular complexity index is 453. The quantitative estimate of drug-likeness (QED) is 0.834. The largest absolute Gasteiger partial charge is 0.449 e. The van der Waals surface area contributed by atoms with Crippen LogP contribution in [0.15, 0.2) is 16.3 Å².